The molecule has 0 radical (unpaired) electrons. The van der Waals surface area contributed by atoms with Gasteiger partial charge in [0.25, 0.3) is 5.69 Å². The van der Waals surface area contributed by atoms with E-state index in [4.69, 9.17) is 15.2 Å². The van der Waals surface area contributed by atoms with Crippen molar-refractivity contribution in [1.29, 1.82) is 0 Å². The van der Waals surface area contributed by atoms with Crippen LogP contribution in [0.4, 0.5) is 11.4 Å². The molecule has 1 aliphatic heterocycles. The first-order valence-electron chi connectivity index (χ1n) is 11.6. The van der Waals surface area contributed by atoms with Crippen LogP contribution in [0.5, 0.6) is 5.75 Å². The van der Waals surface area contributed by atoms with Crippen LogP contribution in [0.25, 0.3) is 0 Å². The maximum Gasteiger partial charge on any atom is 0.338 e. The number of esters is 1. The van der Waals surface area contributed by atoms with E-state index in [1.165, 1.54) is 12.1 Å². The van der Waals surface area contributed by atoms with Gasteiger partial charge >= 0.3 is 5.97 Å². The van der Waals surface area contributed by atoms with E-state index in [0.717, 1.165) is 0 Å². The van der Waals surface area contributed by atoms with Gasteiger partial charge < -0.3 is 15.2 Å². The Balaban J connectivity index is 1.95. The van der Waals surface area contributed by atoms with E-state index in [2.05, 4.69) is 0 Å². The van der Waals surface area contributed by atoms with Gasteiger partial charge in [-0.2, -0.15) is 0 Å². The highest BCUT2D eigenvalue weighted by atomic mass is 16.6. The standard InChI is InChI=1S/C26H27N3O6/c1-3-34-19-13-11-16(12-14-19)22-23-20(9-6-10-21(23)30)28(25(27)24(22)26(31)35-4-2)17-7-5-8-18(15-17)29(32)33/h5,7-8,11-15,22H,3-4,6,9-10,27H2,1-2H3. The van der Waals surface area contributed by atoms with Crippen LogP contribution in [-0.2, 0) is 14.3 Å². The molecule has 4 rings (SSSR count). The summed E-state index contributed by atoms with van der Waals surface area (Å²) in [6.45, 7) is 4.22. The van der Waals surface area contributed by atoms with Gasteiger partial charge in [0.2, 0.25) is 0 Å². The van der Waals surface area contributed by atoms with Crippen LogP contribution in [0.15, 0.2) is 71.2 Å². The summed E-state index contributed by atoms with van der Waals surface area (Å²) in [5.74, 6) is -0.679. The summed E-state index contributed by atoms with van der Waals surface area (Å²) in [4.78, 5) is 39.1. The maximum atomic E-state index is 13.3. The predicted molar refractivity (Wildman–Crippen MR) is 130 cm³/mol. The van der Waals surface area contributed by atoms with Gasteiger partial charge in [-0.15, -0.1) is 0 Å². The van der Waals surface area contributed by atoms with Crippen LogP contribution in [-0.4, -0.2) is 29.9 Å². The lowest BCUT2D eigenvalue weighted by Gasteiger charge is -2.40. The van der Waals surface area contributed by atoms with E-state index in [9.17, 15) is 19.7 Å². The fraction of sp³-hybridized carbons (Fsp3) is 0.308. The molecule has 0 saturated heterocycles. The third-order valence-corrected chi connectivity index (χ3v) is 6.11. The molecule has 2 aromatic rings. The molecular formula is C26H27N3O6. The van der Waals surface area contributed by atoms with Gasteiger partial charge in [-0.05, 0) is 50.5 Å². The molecule has 35 heavy (non-hydrogen) atoms. The summed E-state index contributed by atoms with van der Waals surface area (Å²) in [6, 6.07) is 13.2. The summed E-state index contributed by atoms with van der Waals surface area (Å²) in [5.41, 5.74) is 8.88. The smallest absolute Gasteiger partial charge is 0.338 e. The number of carbonyl (C=O) groups is 2. The summed E-state index contributed by atoms with van der Waals surface area (Å²) in [7, 11) is 0. The number of rotatable bonds is 7. The summed E-state index contributed by atoms with van der Waals surface area (Å²) in [5, 5.41) is 11.4. The largest absolute Gasteiger partial charge is 0.494 e. The molecule has 0 amide bonds. The van der Waals surface area contributed by atoms with Gasteiger partial charge in [-0.1, -0.05) is 18.2 Å². The number of ketones is 1. The minimum absolute atomic E-state index is 0.0881. The van der Waals surface area contributed by atoms with Crippen molar-refractivity contribution in [2.75, 3.05) is 18.1 Å². The molecule has 1 heterocycles. The number of benzene rings is 2. The molecule has 0 fully saturated rings. The van der Waals surface area contributed by atoms with Gasteiger partial charge in [0.05, 0.1) is 35.3 Å². The van der Waals surface area contributed by atoms with Crippen molar-refractivity contribution in [2.45, 2.75) is 39.0 Å². The number of hydrogen-bond donors (Lipinski definition) is 1. The van der Waals surface area contributed by atoms with E-state index in [0.29, 0.717) is 54.1 Å². The summed E-state index contributed by atoms with van der Waals surface area (Å²) in [6.07, 6.45) is 1.49. The molecule has 0 aromatic heterocycles. The average molecular weight is 478 g/mol. The lowest BCUT2D eigenvalue weighted by Crippen LogP contribution is -2.41. The van der Waals surface area contributed by atoms with Crippen molar-refractivity contribution in [2.24, 2.45) is 5.73 Å². The monoisotopic (exact) mass is 477 g/mol. The van der Waals surface area contributed by atoms with Crippen LogP contribution in [0.3, 0.4) is 0 Å². The quantitative estimate of drug-likeness (QED) is 0.355. The Kier molecular flexibility index (Phi) is 6.86. The fourth-order valence-electron chi connectivity index (χ4n) is 4.69. The number of nitrogens with two attached hydrogens (primary N) is 1. The Labute approximate surface area is 203 Å². The summed E-state index contributed by atoms with van der Waals surface area (Å²) < 4.78 is 10.9. The fourth-order valence-corrected chi connectivity index (χ4v) is 4.69. The Morgan fingerprint density at radius 3 is 2.54 bits per heavy atom. The second kappa shape index (κ2) is 10.0. The Morgan fingerprint density at radius 1 is 1.14 bits per heavy atom. The van der Waals surface area contributed by atoms with E-state index in [1.54, 1.807) is 36.1 Å². The van der Waals surface area contributed by atoms with Gasteiger partial charge in [-0.3, -0.25) is 19.8 Å². The molecular weight excluding hydrogens is 450 g/mol. The second-order valence-electron chi connectivity index (χ2n) is 8.20. The second-order valence-corrected chi connectivity index (χ2v) is 8.20. The normalized spacial score (nSPS) is 17.8. The minimum atomic E-state index is -0.720. The van der Waals surface area contributed by atoms with Crippen molar-refractivity contribution in [3.8, 4) is 5.75 Å². The van der Waals surface area contributed by atoms with Crippen LogP contribution < -0.4 is 15.4 Å². The number of carbonyl (C=O) groups excluding carboxylic acids is 2. The van der Waals surface area contributed by atoms with Gasteiger partial charge in [-0.25, -0.2) is 4.79 Å². The third kappa shape index (κ3) is 4.49. The number of hydrogen-bond acceptors (Lipinski definition) is 8. The Morgan fingerprint density at radius 2 is 1.89 bits per heavy atom. The van der Waals surface area contributed by atoms with Crippen LogP contribution in [0, 0.1) is 10.1 Å². The van der Waals surface area contributed by atoms with E-state index in [1.807, 2.05) is 19.1 Å². The molecule has 0 spiro atoms. The Bertz CT molecular complexity index is 1230. The number of ether oxygens (including phenoxy) is 2. The topological polar surface area (TPSA) is 125 Å². The number of nitrogens with zero attached hydrogens (tertiary/aromatic N) is 2. The van der Waals surface area contributed by atoms with Crippen LogP contribution in [0.2, 0.25) is 0 Å². The molecule has 182 valence electrons. The zero-order valence-electron chi connectivity index (χ0n) is 19.7. The minimum Gasteiger partial charge on any atom is -0.494 e. The number of allylic oxidation sites excluding steroid dienone is 2. The third-order valence-electron chi connectivity index (χ3n) is 6.11. The SMILES string of the molecule is CCOC(=O)C1=C(N)N(c2cccc([N+](=O)[O-])c2)C2=C(C(=O)CCC2)C1c1ccc(OCC)cc1. The first kappa shape index (κ1) is 24.0. The average Bonchev–Trinajstić information content (AvgIpc) is 2.84. The number of nitro groups is 1. The van der Waals surface area contributed by atoms with Crippen molar-refractivity contribution < 1.29 is 24.0 Å². The molecule has 2 aliphatic rings. The number of Topliss-reactive ketones (excluding diaryl/α,β-unsaturated/α-hetero) is 1. The van der Waals surface area contributed by atoms with Crippen molar-refractivity contribution >= 4 is 23.1 Å². The van der Waals surface area contributed by atoms with Crippen molar-refractivity contribution in [1.82, 2.24) is 0 Å². The molecule has 1 unspecified atom stereocenters. The predicted octanol–water partition coefficient (Wildman–Crippen LogP) is 4.34. The van der Waals surface area contributed by atoms with Gasteiger partial charge in [0.15, 0.2) is 5.78 Å². The summed E-state index contributed by atoms with van der Waals surface area (Å²) >= 11 is 0. The zero-order valence-corrected chi connectivity index (χ0v) is 19.7. The van der Waals surface area contributed by atoms with E-state index in [-0.39, 0.29) is 29.5 Å². The van der Waals surface area contributed by atoms with E-state index < -0.39 is 16.8 Å². The molecule has 2 N–H and O–H groups in total. The highest BCUT2D eigenvalue weighted by Gasteiger charge is 2.43. The Hall–Kier alpha value is -4.14. The zero-order chi connectivity index (χ0) is 25.1. The maximum absolute atomic E-state index is 13.3. The van der Waals surface area contributed by atoms with Gasteiger partial charge in [0.1, 0.15) is 11.6 Å². The molecule has 2 aromatic carbocycles. The van der Waals surface area contributed by atoms with E-state index >= 15 is 0 Å². The molecule has 9 nitrogen and oxygen atoms in total. The van der Waals surface area contributed by atoms with Crippen LogP contribution in [0.1, 0.15) is 44.6 Å². The van der Waals surface area contributed by atoms with Crippen molar-refractivity contribution in [3.63, 3.8) is 0 Å². The van der Waals surface area contributed by atoms with Crippen LogP contribution >= 0.6 is 0 Å². The molecule has 0 saturated carbocycles. The van der Waals surface area contributed by atoms with Gasteiger partial charge in [0, 0.05) is 29.8 Å². The van der Waals surface area contributed by atoms with Crippen molar-refractivity contribution in [3.05, 3.63) is 86.9 Å². The first-order valence-corrected chi connectivity index (χ1v) is 11.6. The molecule has 9 heteroatoms. The lowest BCUT2D eigenvalue weighted by atomic mass is 9.75. The molecule has 0 bridgehead atoms. The lowest BCUT2D eigenvalue weighted by molar-refractivity contribution is -0.384. The highest BCUT2D eigenvalue weighted by Crippen LogP contribution is 2.47. The first-order chi connectivity index (χ1) is 16.9. The number of nitro benzene ring substituents is 1. The number of anilines is 1. The highest BCUT2D eigenvalue weighted by molar-refractivity contribution is 6.05. The molecule has 1 atom stereocenters. The molecule has 1 aliphatic carbocycles. The number of non-ortho nitro benzene ring substituents is 1.